The lowest BCUT2D eigenvalue weighted by atomic mass is 10.1. The standard InChI is InChI=1S/C10H22N2O/c1-8-6-12(4-5-13-7-8)10(3)9(2)11/h8-10H,4-7,11H2,1-3H3. The Hall–Kier alpha value is -0.120. The Morgan fingerprint density at radius 2 is 2.15 bits per heavy atom. The number of hydrogen-bond acceptors (Lipinski definition) is 3. The molecule has 1 aliphatic rings. The van der Waals surface area contributed by atoms with Gasteiger partial charge in [0.05, 0.1) is 13.2 Å². The first-order chi connectivity index (χ1) is 6.11. The maximum atomic E-state index is 5.88. The van der Waals surface area contributed by atoms with Gasteiger partial charge in [0.15, 0.2) is 0 Å². The van der Waals surface area contributed by atoms with Gasteiger partial charge in [0.1, 0.15) is 0 Å². The van der Waals surface area contributed by atoms with Gasteiger partial charge in [0, 0.05) is 25.2 Å². The fourth-order valence-corrected chi connectivity index (χ4v) is 1.71. The summed E-state index contributed by atoms with van der Waals surface area (Å²) in [6.07, 6.45) is 0. The average Bonchev–Trinajstić information content (AvgIpc) is 2.28. The van der Waals surface area contributed by atoms with E-state index >= 15 is 0 Å². The predicted octanol–water partition coefficient (Wildman–Crippen LogP) is 0.690. The van der Waals surface area contributed by atoms with Crippen molar-refractivity contribution in [3.05, 3.63) is 0 Å². The molecular formula is C10H22N2O. The van der Waals surface area contributed by atoms with Gasteiger partial charge in [-0.2, -0.15) is 0 Å². The molecule has 0 aliphatic carbocycles. The Bertz CT molecular complexity index is 150. The number of ether oxygens (including phenoxy) is 1. The fourth-order valence-electron chi connectivity index (χ4n) is 1.71. The molecule has 1 aliphatic heterocycles. The highest BCUT2D eigenvalue weighted by molar-refractivity contribution is 4.77. The third-order valence-electron chi connectivity index (χ3n) is 2.81. The molecule has 3 atom stereocenters. The van der Waals surface area contributed by atoms with Gasteiger partial charge < -0.3 is 10.5 Å². The zero-order valence-corrected chi connectivity index (χ0v) is 8.99. The molecule has 1 saturated heterocycles. The van der Waals surface area contributed by atoms with Crippen LogP contribution in [0.15, 0.2) is 0 Å². The largest absolute Gasteiger partial charge is 0.380 e. The van der Waals surface area contributed by atoms with Crippen LogP contribution in [0.4, 0.5) is 0 Å². The van der Waals surface area contributed by atoms with E-state index in [4.69, 9.17) is 10.5 Å². The maximum Gasteiger partial charge on any atom is 0.0593 e. The minimum Gasteiger partial charge on any atom is -0.380 e. The lowest BCUT2D eigenvalue weighted by Crippen LogP contribution is -2.46. The highest BCUT2D eigenvalue weighted by atomic mass is 16.5. The Kier molecular flexibility index (Phi) is 4.16. The van der Waals surface area contributed by atoms with Crippen LogP contribution in [0.3, 0.4) is 0 Å². The minimum atomic E-state index is 0.241. The Morgan fingerprint density at radius 1 is 1.46 bits per heavy atom. The Balaban J connectivity index is 2.47. The van der Waals surface area contributed by atoms with Crippen molar-refractivity contribution in [3.8, 4) is 0 Å². The van der Waals surface area contributed by atoms with Crippen molar-refractivity contribution in [2.45, 2.75) is 32.9 Å². The number of rotatable bonds is 2. The summed E-state index contributed by atoms with van der Waals surface area (Å²) in [5, 5.41) is 0. The van der Waals surface area contributed by atoms with E-state index in [1.54, 1.807) is 0 Å². The van der Waals surface area contributed by atoms with Gasteiger partial charge in [-0.15, -0.1) is 0 Å². The van der Waals surface area contributed by atoms with Crippen molar-refractivity contribution in [3.63, 3.8) is 0 Å². The van der Waals surface area contributed by atoms with Gasteiger partial charge in [-0.25, -0.2) is 0 Å². The van der Waals surface area contributed by atoms with Crippen molar-refractivity contribution in [2.75, 3.05) is 26.3 Å². The molecule has 3 heteroatoms. The summed E-state index contributed by atoms with van der Waals surface area (Å²) in [4.78, 5) is 2.43. The SMILES string of the molecule is CC1COCCN(C(C)C(C)N)C1. The molecule has 0 aromatic heterocycles. The van der Waals surface area contributed by atoms with Gasteiger partial charge in [0.25, 0.3) is 0 Å². The van der Waals surface area contributed by atoms with Gasteiger partial charge >= 0.3 is 0 Å². The van der Waals surface area contributed by atoms with Crippen molar-refractivity contribution < 1.29 is 4.74 Å². The summed E-state index contributed by atoms with van der Waals surface area (Å²) in [6, 6.07) is 0.703. The van der Waals surface area contributed by atoms with E-state index in [9.17, 15) is 0 Å². The number of hydrogen-bond donors (Lipinski definition) is 1. The van der Waals surface area contributed by atoms with Crippen LogP contribution in [0.2, 0.25) is 0 Å². The summed E-state index contributed by atoms with van der Waals surface area (Å²) < 4.78 is 5.48. The second-order valence-electron chi connectivity index (χ2n) is 4.27. The van der Waals surface area contributed by atoms with Crippen LogP contribution in [0.5, 0.6) is 0 Å². The van der Waals surface area contributed by atoms with Crippen molar-refractivity contribution in [1.29, 1.82) is 0 Å². The molecule has 1 fully saturated rings. The normalized spacial score (nSPS) is 30.9. The predicted molar refractivity (Wildman–Crippen MR) is 54.7 cm³/mol. The first kappa shape index (κ1) is 11.0. The smallest absolute Gasteiger partial charge is 0.0593 e. The molecule has 3 nitrogen and oxygen atoms in total. The first-order valence-electron chi connectivity index (χ1n) is 5.18. The van der Waals surface area contributed by atoms with Gasteiger partial charge in [-0.05, 0) is 19.8 Å². The zero-order valence-electron chi connectivity index (χ0n) is 8.99. The second-order valence-corrected chi connectivity index (χ2v) is 4.27. The molecule has 3 unspecified atom stereocenters. The monoisotopic (exact) mass is 186 g/mol. The lowest BCUT2D eigenvalue weighted by Gasteiger charge is -2.31. The van der Waals surface area contributed by atoms with Crippen LogP contribution in [0, 0.1) is 5.92 Å². The summed E-state index contributed by atoms with van der Waals surface area (Å²) in [7, 11) is 0. The van der Waals surface area contributed by atoms with Gasteiger partial charge in [-0.3, -0.25) is 4.90 Å². The van der Waals surface area contributed by atoms with Crippen LogP contribution >= 0.6 is 0 Å². The van der Waals surface area contributed by atoms with Crippen LogP contribution in [-0.2, 0) is 4.74 Å². The van der Waals surface area contributed by atoms with Crippen LogP contribution < -0.4 is 5.73 Å². The van der Waals surface area contributed by atoms with E-state index in [0.717, 1.165) is 26.3 Å². The Labute approximate surface area is 81.2 Å². The molecule has 0 aromatic rings. The Morgan fingerprint density at radius 3 is 2.77 bits per heavy atom. The summed E-state index contributed by atoms with van der Waals surface area (Å²) in [5.41, 5.74) is 5.88. The molecule has 0 spiro atoms. The molecule has 0 saturated carbocycles. The van der Waals surface area contributed by atoms with Crippen LogP contribution in [0.25, 0.3) is 0 Å². The molecule has 0 amide bonds. The van der Waals surface area contributed by atoms with E-state index in [1.165, 1.54) is 0 Å². The van der Waals surface area contributed by atoms with Crippen LogP contribution in [-0.4, -0.2) is 43.3 Å². The number of nitrogens with zero attached hydrogens (tertiary/aromatic N) is 1. The first-order valence-corrected chi connectivity index (χ1v) is 5.18. The quantitative estimate of drug-likeness (QED) is 0.689. The molecule has 78 valence electrons. The van der Waals surface area contributed by atoms with E-state index in [-0.39, 0.29) is 6.04 Å². The minimum absolute atomic E-state index is 0.241. The molecule has 1 heterocycles. The third-order valence-corrected chi connectivity index (χ3v) is 2.81. The van der Waals surface area contributed by atoms with E-state index in [1.807, 2.05) is 0 Å². The van der Waals surface area contributed by atoms with E-state index in [2.05, 4.69) is 25.7 Å². The molecule has 0 aromatic carbocycles. The highest BCUT2D eigenvalue weighted by Crippen LogP contribution is 2.10. The molecule has 0 radical (unpaired) electrons. The second kappa shape index (κ2) is 4.94. The summed E-state index contributed by atoms with van der Waals surface area (Å²) in [6.45, 7) is 10.4. The van der Waals surface area contributed by atoms with Crippen molar-refractivity contribution >= 4 is 0 Å². The van der Waals surface area contributed by atoms with E-state index in [0.29, 0.717) is 12.0 Å². The number of nitrogens with two attached hydrogens (primary N) is 1. The van der Waals surface area contributed by atoms with Crippen LogP contribution in [0.1, 0.15) is 20.8 Å². The highest BCUT2D eigenvalue weighted by Gasteiger charge is 2.21. The van der Waals surface area contributed by atoms with Gasteiger partial charge in [0.2, 0.25) is 0 Å². The van der Waals surface area contributed by atoms with Gasteiger partial charge in [-0.1, -0.05) is 6.92 Å². The van der Waals surface area contributed by atoms with Crippen molar-refractivity contribution in [2.24, 2.45) is 11.7 Å². The average molecular weight is 186 g/mol. The summed E-state index contributed by atoms with van der Waals surface area (Å²) >= 11 is 0. The third kappa shape index (κ3) is 3.25. The zero-order chi connectivity index (χ0) is 9.84. The van der Waals surface area contributed by atoms with E-state index < -0.39 is 0 Å². The molecule has 1 rings (SSSR count). The maximum absolute atomic E-state index is 5.88. The molecule has 2 N–H and O–H groups in total. The topological polar surface area (TPSA) is 38.5 Å². The molecule has 13 heavy (non-hydrogen) atoms. The summed E-state index contributed by atoms with van der Waals surface area (Å²) in [5.74, 6) is 0.628. The molecular weight excluding hydrogens is 164 g/mol. The molecule has 0 bridgehead atoms. The van der Waals surface area contributed by atoms with Crippen molar-refractivity contribution in [1.82, 2.24) is 4.90 Å². The lowest BCUT2D eigenvalue weighted by molar-refractivity contribution is 0.122. The fraction of sp³-hybridized carbons (Fsp3) is 1.00.